The first-order valence-electron chi connectivity index (χ1n) is 5.97. The molecular formula is C13H15N3OS2. The normalized spacial score (nSPS) is 10.4. The highest BCUT2D eigenvalue weighted by Gasteiger charge is 2.13. The number of amides is 1. The van der Waals surface area contributed by atoms with E-state index in [4.69, 9.17) is 0 Å². The number of aromatic nitrogens is 2. The summed E-state index contributed by atoms with van der Waals surface area (Å²) in [4.78, 5) is 21.9. The van der Waals surface area contributed by atoms with Gasteiger partial charge in [0.25, 0.3) is 0 Å². The van der Waals surface area contributed by atoms with E-state index < -0.39 is 0 Å². The minimum atomic E-state index is 0.0285. The van der Waals surface area contributed by atoms with Crippen LogP contribution in [-0.2, 0) is 10.5 Å². The summed E-state index contributed by atoms with van der Waals surface area (Å²) in [6.45, 7) is 4.16. The van der Waals surface area contributed by atoms with E-state index in [1.54, 1.807) is 29.8 Å². The van der Waals surface area contributed by atoms with Crippen LogP contribution in [0.2, 0.25) is 0 Å². The van der Waals surface area contributed by atoms with Crippen molar-refractivity contribution < 1.29 is 4.79 Å². The first-order chi connectivity index (χ1) is 9.20. The topological polar surface area (TPSA) is 46.1 Å². The second kappa shape index (κ2) is 6.68. The predicted octanol–water partition coefficient (Wildman–Crippen LogP) is 3.20. The molecule has 100 valence electrons. The maximum atomic E-state index is 11.4. The lowest BCUT2D eigenvalue weighted by molar-refractivity contribution is -0.116. The average Bonchev–Trinajstić information content (AvgIpc) is 2.87. The van der Waals surface area contributed by atoms with Gasteiger partial charge >= 0.3 is 0 Å². The largest absolute Gasteiger partial charge is 0.289 e. The highest BCUT2D eigenvalue weighted by molar-refractivity contribution is 7.98. The molecule has 19 heavy (non-hydrogen) atoms. The van der Waals surface area contributed by atoms with Gasteiger partial charge in [-0.25, -0.2) is 9.97 Å². The number of carbonyl (C=O) groups excluding carboxylic acids is 1. The molecule has 0 aliphatic carbocycles. The summed E-state index contributed by atoms with van der Waals surface area (Å²) in [7, 11) is 0. The van der Waals surface area contributed by atoms with Crippen molar-refractivity contribution in [2.24, 2.45) is 0 Å². The molecule has 2 rings (SSSR count). The molecule has 0 N–H and O–H groups in total. The van der Waals surface area contributed by atoms with E-state index in [2.05, 4.69) is 9.97 Å². The number of thioether (sulfide) groups is 1. The van der Waals surface area contributed by atoms with Gasteiger partial charge in [0.1, 0.15) is 0 Å². The molecule has 6 heteroatoms. The molecule has 0 bridgehead atoms. The van der Waals surface area contributed by atoms with Crippen LogP contribution in [0.15, 0.2) is 34.8 Å². The molecule has 0 atom stereocenters. The number of hydrogen-bond acceptors (Lipinski definition) is 5. The molecule has 0 aromatic carbocycles. The van der Waals surface area contributed by atoms with Crippen molar-refractivity contribution in [1.29, 1.82) is 0 Å². The van der Waals surface area contributed by atoms with Gasteiger partial charge in [-0.3, -0.25) is 9.69 Å². The first-order valence-corrected chi connectivity index (χ1v) is 7.83. The smallest absolute Gasteiger partial charge is 0.225 e. The molecule has 4 nitrogen and oxygen atoms in total. The van der Waals surface area contributed by atoms with Crippen molar-refractivity contribution in [2.45, 2.75) is 24.6 Å². The summed E-state index contributed by atoms with van der Waals surface area (Å²) in [5, 5.41) is 3.75. The van der Waals surface area contributed by atoms with Crippen LogP contribution in [0.1, 0.15) is 19.5 Å². The van der Waals surface area contributed by atoms with Gasteiger partial charge in [0.2, 0.25) is 5.91 Å². The minimum absolute atomic E-state index is 0.0285. The Balaban J connectivity index is 1.99. The number of anilines is 1. The summed E-state index contributed by atoms with van der Waals surface area (Å²) in [5.41, 5.74) is 0.982. The van der Waals surface area contributed by atoms with Crippen molar-refractivity contribution in [3.63, 3.8) is 0 Å². The minimum Gasteiger partial charge on any atom is -0.289 e. The molecule has 1 amide bonds. The van der Waals surface area contributed by atoms with E-state index in [0.29, 0.717) is 6.54 Å². The van der Waals surface area contributed by atoms with E-state index in [-0.39, 0.29) is 5.91 Å². The Hall–Kier alpha value is -1.40. The molecule has 2 aromatic heterocycles. The SMILES string of the molecule is CCN(C(C)=O)c1nc(CSc2ccccn2)cs1. The highest BCUT2D eigenvalue weighted by Crippen LogP contribution is 2.25. The van der Waals surface area contributed by atoms with Gasteiger partial charge in [0.05, 0.1) is 10.7 Å². The number of rotatable bonds is 5. The quantitative estimate of drug-likeness (QED) is 0.794. The van der Waals surface area contributed by atoms with Gasteiger partial charge in [-0.15, -0.1) is 23.1 Å². The number of nitrogens with zero attached hydrogens (tertiary/aromatic N) is 3. The fourth-order valence-electron chi connectivity index (χ4n) is 1.56. The molecule has 0 fully saturated rings. The van der Waals surface area contributed by atoms with Crippen LogP contribution in [0.3, 0.4) is 0 Å². The Bertz CT molecular complexity index is 542. The Labute approximate surface area is 120 Å². The number of pyridine rings is 1. The number of thiazole rings is 1. The Morgan fingerprint density at radius 3 is 2.95 bits per heavy atom. The van der Waals surface area contributed by atoms with Crippen molar-refractivity contribution >= 4 is 34.1 Å². The third-order valence-electron chi connectivity index (χ3n) is 2.47. The van der Waals surface area contributed by atoms with Crippen molar-refractivity contribution in [2.75, 3.05) is 11.4 Å². The van der Waals surface area contributed by atoms with E-state index in [0.717, 1.165) is 21.6 Å². The molecule has 2 aromatic rings. The van der Waals surface area contributed by atoms with Crippen LogP contribution in [0.5, 0.6) is 0 Å². The van der Waals surface area contributed by atoms with Gasteiger partial charge in [-0.1, -0.05) is 6.07 Å². The molecule has 2 heterocycles. The standard InChI is InChI=1S/C13H15N3OS2/c1-3-16(10(2)17)13-15-11(9-19-13)8-18-12-6-4-5-7-14-12/h4-7,9H,3,8H2,1-2H3. The molecule has 0 unspecified atom stereocenters. The van der Waals surface area contributed by atoms with Crippen LogP contribution >= 0.6 is 23.1 Å². The second-order valence-corrected chi connectivity index (χ2v) is 5.67. The zero-order valence-corrected chi connectivity index (χ0v) is 12.5. The van der Waals surface area contributed by atoms with Crippen LogP contribution in [0.4, 0.5) is 5.13 Å². The zero-order chi connectivity index (χ0) is 13.7. The van der Waals surface area contributed by atoms with Gasteiger partial charge in [-0.05, 0) is 19.1 Å². The summed E-state index contributed by atoms with van der Waals surface area (Å²) in [6, 6.07) is 5.85. The summed E-state index contributed by atoms with van der Waals surface area (Å²) >= 11 is 3.15. The number of hydrogen-bond donors (Lipinski definition) is 0. The van der Waals surface area contributed by atoms with E-state index in [9.17, 15) is 4.79 Å². The van der Waals surface area contributed by atoms with Crippen LogP contribution < -0.4 is 4.90 Å². The Morgan fingerprint density at radius 1 is 1.47 bits per heavy atom. The highest BCUT2D eigenvalue weighted by atomic mass is 32.2. The van der Waals surface area contributed by atoms with Gasteiger partial charge < -0.3 is 0 Å². The Kier molecular flexibility index (Phi) is 4.93. The summed E-state index contributed by atoms with van der Waals surface area (Å²) in [6.07, 6.45) is 1.78. The molecule has 0 aliphatic rings. The third kappa shape index (κ3) is 3.78. The molecule has 0 radical (unpaired) electrons. The summed E-state index contributed by atoms with van der Waals surface area (Å²) in [5.74, 6) is 0.795. The van der Waals surface area contributed by atoms with Gasteiger partial charge in [-0.2, -0.15) is 0 Å². The molecule has 0 aliphatic heterocycles. The van der Waals surface area contributed by atoms with Crippen molar-refractivity contribution in [3.05, 3.63) is 35.5 Å². The van der Waals surface area contributed by atoms with E-state index >= 15 is 0 Å². The molecular weight excluding hydrogens is 278 g/mol. The van der Waals surface area contributed by atoms with E-state index in [1.165, 1.54) is 11.3 Å². The molecule has 0 spiro atoms. The molecule has 0 saturated carbocycles. The fraction of sp³-hybridized carbons (Fsp3) is 0.308. The lowest BCUT2D eigenvalue weighted by atomic mass is 10.5. The van der Waals surface area contributed by atoms with Crippen LogP contribution in [0, 0.1) is 0 Å². The Morgan fingerprint density at radius 2 is 2.32 bits per heavy atom. The first kappa shape index (κ1) is 14.0. The monoisotopic (exact) mass is 293 g/mol. The summed E-state index contributed by atoms with van der Waals surface area (Å²) < 4.78 is 0. The second-order valence-electron chi connectivity index (χ2n) is 3.84. The lowest BCUT2D eigenvalue weighted by Gasteiger charge is -2.14. The van der Waals surface area contributed by atoms with E-state index in [1.807, 2.05) is 30.5 Å². The predicted molar refractivity (Wildman–Crippen MR) is 79.6 cm³/mol. The van der Waals surface area contributed by atoms with Gasteiger partial charge in [0.15, 0.2) is 5.13 Å². The van der Waals surface area contributed by atoms with Gasteiger partial charge in [0, 0.05) is 30.8 Å². The van der Waals surface area contributed by atoms with Crippen molar-refractivity contribution in [3.8, 4) is 0 Å². The number of carbonyl (C=O) groups is 1. The van der Waals surface area contributed by atoms with Crippen molar-refractivity contribution in [1.82, 2.24) is 9.97 Å². The molecule has 0 saturated heterocycles. The maximum Gasteiger partial charge on any atom is 0.225 e. The maximum absolute atomic E-state index is 11.4. The third-order valence-corrected chi connectivity index (χ3v) is 4.36. The van der Waals surface area contributed by atoms with Crippen LogP contribution in [0.25, 0.3) is 0 Å². The zero-order valence-electron chi connectivity index (χ0n) is 10.9. The lowest BCUT2D eigenvalue weighted by Crippen LogP contribution is -2.27. The fourth-order valence-corrected chi connectivity index (χ4v) is 3.35. The van der Waals surface area contributed by atoms with Crippen LogP contribution in [-0.4, -0.2) is 22.4 Å². The average molecular weight is 293 g/mol.